The second kappa shape index (κ2) is 6.31. The van der Waals surface area contributed by atoms with Gasteiger partial charge in [0.2, 0.25) is 15.9 Å². The quantitative estimate of drug-likeness (QED) is 0.639. The first-order valence-corrected chi connectivity index (χ1v) is 6.99. The Labute approximate surface area is 116 Å². The van der Waals surface area contributed by atoms with Crippen molar-refractivity contribution < 1.29 is 23.1 Å². The van der Waals surface area contributed by atoms with Crippen molar-refractivity contribution >= 4 is 21.9 Å². The van der Waals surface area contributed by atoms with Gasteiger partial charge in [0.1, 0.15) is 5.70 Å². The van der Waals surface area contributed by atoms with E-state index < -0.39 is 34.1 Å². The van der Waals surface area contributed by atoms with Gasteiger partial charge in [-0.05, 0) is 19.1 Å². The lowest BCUT2D eigenvalue weighted by atomic mass is 10.2. The lowest BCUT2D eigenvalue weighted by molar-refractivity contribution is -0.134. The summed E-state index contributed by atoms with van der Waals surface area (Å²) in [6, 6.07) is 6.07. The van der Waals surface area contributed by atoms with E-state index in [2.05, 4.69) is 11.3 Å². The fraction of sp³-hybridized carbons (Fsp3) is 0.167. The normalized spacial score (nSPS) is 10.8. The summed E-state index contributed by atoms with van der Waals surface area (Å²) in [5, 5.41) is 10.5. The van der Waals surface area contributed by atoms with E-state index in [1.165, 1.54) is 12.1 Å². The van der Waals surface area contributed by atoms with Crippen LogP contribution in [0.15, 0.2) is 41.4 Å². The van der Waals surface area contributed by atoms with Crippen LogP contribution < -0.4 is 10.0 Å². The van der Waals surface area contributed by atoms with Crippen LogP contribution in [0.25, 0.3) is 0 Å². The second-order valence-electron chi connectivity index (χ2n) is 3.97. The third-order valence-corrected chi connectivity index (χ3v) is 3.72. The van der Waals surface area contributed by atoms with Crippen LogP contribution in [0.3, 0.4) is 0 Å². The Kier molecular flexibility index (Phi) is 5.00. The summed E-state index contributed by atoms with van der Waals surface area (Å²) in [7, 11) is -3.82. The zero-order valence-corrected chi connectivity index (χ0v) is 11.5. The van der Waals surface area contributed by atoms with Crippen molar-refractivity contribution in [3.8, 4) is 0 Å². The molecular weight excluding hydrogens is 284 g/mol. The van der Waals surface area contributed by atoms with Crippen LogP contribution in [0.5, 0.6) is 0 Å². The predicted octanol–water partition coefficient (Wildman–Crippen LogP) is -0.0122. The average molecular weight is 298 g/mol. The van der Waals surface area contributed by atoms with Crippen LogP contribution in [0.1, 0.15) is 5.56 Å². The zero-order chi connectivity index (χ0) is 15.3. The first-order valence-electron chi connectivity index (χ1n) is 5.51. The molecular formula is C12H14N2O5S. The number of benzene rings is 1. The van der Waals surface area contributed by atoms with Gasteiger partial charge in [0.15, 0.2) is 0 Å². The third-order valence-electron chi connectivity index (χ3n) is 2.30. The van der Waals surface area contributed by atoms with Crippen molar-refractivity contribution in [2.24, 2.45) is 0 Å². The van der Waals surface area contributed by atoms with E-state index in [1.807, 2.05) is 12.2 Å². The number of sulfonamides is 1. The number of carboxylic acids is 1. The van der Waals surface area contributed by atoms with Crippen molar-refractivity contribution in [3.63, 3.8) is 0 Å². The monoisotopic (exact) mass is 298 g/mol. The Morgan fingerprint density at radius 2 is 1.80 bits per heavy atom. The maximum absolute atomic E-state index is 11.8. The van der Waals surface area contributed by atoms with Crippen LogP contribution in [0.4, 0.5) is 0 Å². The highest BCUT2D eigenvalue weighted by molar-refractivity contribution is 7.89. The number of aliphatic carboxylic acids is 1. The number of aryl methyl sites for hydroxylation is 1. The number of carbonyl (C=O) groups excluding carboxylic acids is 1. The van der Waals surface area contributed by atoms with Crippen LogP contribution in [0, 0.1) is 6.92 Å². The molecule has 0 heterocycles. The lowest BCUT2D eigenvalue weighted by Gasteiger charge is -2.07. The number of nitrogens with one attached hydrogen (secondary N) is 2. The van der Waals surface area contributed by atoms with Gasteiger partial charge < -0.3 is 10.4 Å². The van der Waals surface area contributed by atoms with Gasteiger partial charge >= 0.3 is 5.97 Å². The number of carboxylic acid groups (broad SMARTS) is 1. The van der Waals surface area contributed by atoms with Gasteiger partial charge in [-0.25, -0.2) is 17.9 Å². The molecule has 7 nitrogen and oxygen atoms in total. The second-order valence-corrected chi connectivity index (χ2v) is 5.74. The van der Waals surface area contributed by atoms with Gasteiger partial charge in [-0.15, -0.1) is 0 Å². The van der Waals surface area contributed by atoms with E-state index >= 15 is 0 Å². The highest BCUT2D eigenvalue weighted by Crippen LogP contribution is 2.09. The van der Waals surface area contributed by atoms with Crippen LogP contribution in [0.2, 0.25) is 0 Å². The van der Waals surface area contributed by atoms with Crippen molar-refractivity contribution in [2.75, 3.05) is 6.54 Å². The standard InChI is InChI=1S/C12H14N2O5S/c1-8-3-5-10(6-4-8)20(18,19)13-7-11(15)14-9(2)12(16)17/h3-6,13H,2,7H2,1H3,(H,14,15)(H,16,17). The highest BCUT2D eigenvalue weighted by atomic mass is 32.2. The molecule has 108 valence electrons. The zero-order valence-electron chi connectivity index (χ0n) is 10.7. The minimum atomic E-state index is -3.82. The maximum Gasteiger partial charge on any atom is 0.351 e. The number of amides is 1. The molecule has 1 amide bonds. The highest BCUT2D eigenvalue weighted by Gasteiger charge is 2.16. The minimum absolute atomic E-state index is 0.0213. The molecule has 0 saturated carbocycles. The molecule has 1 aromatic carbocycles. The topological polar surface area (TPSA) is 113 Å². The Morgan fingerprint density at radius 3 is 2.30 bits per heavy atom. The maximum atomic E-state index is 11.8. The summed E-state index contributed by atoms with van der Waals surface area (Å²) in [6.07, 6.45) is 0. The van der Waals surface area contributed by atoms with E-state index in [1.54, 1.807) is 12.1 Å². The summed E-state index contributed by atoms with van der Waals surface area (Å²) < 4.78 is 25.7. The molecule has 0 fully saturated rings. The number of carbonyl (C=O) groups is 2. The van der Waals surface area contributed by atoms with Gasteiger partial charge in [-0.2, -0.15) is 0 Å². The van der Waals surface area contributed by atoms with Gasteiger partial charge in [0, 0.05) is 0 Å². The van der Waals surface area contributed by atoms with Crippen LogP contribution >= 0.6 is 0 Å². The van der Waals surface area contributed by atoms with Gasteiger partial charge in [-0.1, -0.05) is 24.3 Å². The number of rotatable bonds is 6. The molecule has 0 bridgehead atoms. The molecule has 0 spiro atoms. The Balaban J connectivity index is 2.64. The summed E-state index contributed by atoms with van der Waals surface area (Å²) in [6.45, 7) is 4.33. The van der Waals surface area contributed by atoms with E-state index in [9.17, 15) is 18.0 Å². The van der Waals surface area contributed by atoms with Crippen LogP contribution in [-0.2, 0) is 19.6 Å². The molecule has 1 rings (SSSR count). The van der Waals surface area contributed by atoms with Crippen molar-refractivity contribution in [1.29, 1.82) is 0 Å². The number of hydrogen-bond acceptors (Lipinski definition) is 4. The molecule has 0 saturated heterocycles. The summed E-state index contributed by atoms with van der Waals surface area (Å²) in [5.74, 6) is -2.20. The van der Waals surface area contributed by atoms with E-state index in [-0.39, 0.29) is 4.90 Å². The molecule has 0 unspecified atom stereocenters. The molecule has 3 N–H and O–H groups in total. The molecule has 0 aliphatic carbocycles. The van der Waals surface area contributed by atoms with Crippen molar-refractivity contribution in [1.82, 2.24) is 10.0 Å². The molecule has 1 aromatic rings. The third kappa shape index (κ3) is 4.48. The van der Waals surface area contributed by atoms with E-state index in [4.69, 9.17) is 5.11 Å². The smallest absolute Gasteiger partial charge is 0.351 e. The SMILES string of the molecule is C=C(NC(=O)CNS(=O)(=O)c1ccc(C)cc1)C(=O)O. The molecule has 0 atom stereocenters. The first kappa shape index (κ1) is 15.9. The fourth-order valence-corrected chi connectivity index (χ4v) is 2.21. The van der Waals surface area contributed by atoms with Crippen LogP contribution in [-0.4, -0.2) is 31.9 Å². The molecule has 8 heteroatoms. The average Bonchev–Trinajstić information content (AvgIpc) is 2.37. The molecule has 0 aromatic heterocycles. The number of hydrogen-bond donors (Lipinski definition) is 3. The Morgan fingerprint density at radius 1 is 1.25 bits per heavy atom. The van der Waals surface area contributed by atoms with E-state index in [0.717, 1.165) is 5.56 Å². The minimum Gasteiger partial charge on any atom is -0.477 e. The molecule has 0 radical (unpaired) electrons. The summed E-state index contributed by atoms with van der Waals surface area (Å²) >= 11 is 0. The Bertz CT molecular complexity index is 634. The molecule has 20 heavy (non-hydrogen) atoms. The van der Waals surface area contributed by atoms with Gasteiger partial charge in [0.25, 0.3) is 0 Å². The Hall–Kier alpha value is -2.19. The lowest BCUT2D eigenvalue weighted by Crippen LogP contribution is -2.37. The summed E-state index contributed by atoms with van der Waals surface area (Å²) in [5.41, 5.74) is 0.379. The summed E-state index contributed by atoms with van der Waals surface area (Å²) in [4.78, 5) is 21.8. The largest absolute Gasteiger partial charge is 0.477 e. The van der Waals surface area contributed by atoms with Gasteiger partial charge in [0.05, 0.1) is 11.4 Å². The van der Waals surface area contributed by atoms with Gasteiger partial charge in [-0.3, -0.25) is 4.79 Å². The molecule has 0 aliphatic heterocycles. The van der Waals surface area contributed by atoms with E-state index in [0.29, 0.717) is 0 Å². The molecule has 0 aliphatic rings. The fourth-order valence-electron chi connectivity index (χ4n) is 1.23. The van der Waals surface area contributed by atoms with Crippen molar-refractivity contribution in [3.05, 3.63) is 42.1 Å². The predicted molar refractivity (Wildman–Crippen MR) is 71.3 cm³/mol. The first-order chi connectivity index (χ1) is 9.22. The van der Waals surface area contributed by atoms with Crippen molar-refractivity contribution in [2.45, 2.75) is 11.8 Å².